The van der Waals surface area contributed by atoms with Crippen molar-refractivity contribution >= 4 is 24.6 Å². The van der Waals surface area contributed by atoms with Crippen molar-refractivity contribution < 1.29 is 37.4 Å². The van der Waals surface area contributed by atoms with Crippen LogP contribution in [-0.2, 0) is 28.2 Å². The molecule has 0 radical (unpaired) electrons. The molecule has 0 aliphatic rings. The second-order valence-corrected chi connectivity index (χ2v) is 7.02. The maximum atomic E-state index is 13.2. The summed E-state index contributed by atoms with van der Waals surface area (Å²) in [7, 11) is -4.84. The maximum absolute atomic E-state index is 13.2. The summed E-state index contributed by atoms with van der Waals surface area (Å²) >= 11 is 0. The number of rotatable bonds is 5. The van der Waals surface area contributed by atoms with Gasteiger partial charge in [0.15, 0.2) is 0 Å². The van der Waals surface area contributed by atoms with Crippen molar-refractivity contribution in [2.24, 2.45) is 0 Å². The third-order valence-electron chi connectivity index (χ3n) is 3.44. The molecule has 1 heterocycles. The Balaban J connectivity index is 2.84. The number of alkyl halides is 3. The molecule has 0 atom stereocenters. The van der Waals surface area contributed by atoms with Crippen LogP contribution in [0.15, 0.2) is 21.7 Å². The first-order valence-corrected chi connectivity index (χ1v) is 8.72. The lowest BCUT2D eigenvalue weighted by molar-refractivity contribution is -0.140. The van der Waals surface area contributed by atoms with Crippen molar-refractivity contribution in [2.75, 3.05) is 0 Å². The summed E-state index contributed by atoms with van der Waals surface area (Å²) < 4.78 is 51.2. The third kappa shape index (κ3) is 4.40. The molecule has 13 heteroatoms. The minimum absolute atomic E-state index is 0.355. The van der Waals surface area contributed by atoms with Gasteiger partial charge in [0, 0.05) is 6.42 Å². The van der Waals surface area contributed by atoms with Crippen LogP contribution in [0, 0.1) is 0 Å². The molecule has 0 aliphatic heterocycles. The van der Waals surface area contributed by atoms with Crippen LogP contribution in [0.2, 0.25) is 0 Å². The van der Waals surface area contributed by atoms with Gasteiger partial charge in [-0.05, 0) is 24.1 Å². The first kappa shape index (κ1) is 19.9. The summed E-state index contributed by atoms with van der Waals surface area (Å²) in [5.74, 6) is -1.35. The lowest BCUT2D eigenvalue weighted by Gasteiger charge is -2.16. The van der Waals surface area contributed by atoms with E-state index in [0.29, 0.717) is 10.6 Å². The van der Waals surface area contributed by atoms with Crippen LogP contribution in [0.25, 0.3) is 11.0 Å². The molecule has 9 nitrogen and oxygen atoms in total. The summed E-state index contributed by atoms with van der Waals surface area (Å²) in [6.45, 7) is 0. The van der Waals surface area contributed by atoms with Gasteiger partial charge in [-0.1, -0.05) is 0 Å². The molecule has 1 aromatic carbocycles. The number of aromatic amines is 1. The topological polar surface area (TPSA) is 150 Å². The van der Waals surface area contributed by atoms with E-state index in [0.717, 1.165) is 6.07 Å². The number of hydrogen-bond donors (Lipinski definition) is 4. The normalized spacial score (nSPS) is 12.5. The van der Waals surface area contributed by atoms with Crippen LogP contribution in [0.1, 0.15) is 17.5 Å². The molecule has 2 aromatic rings. The fourth-order valence-electron chi connectivity index (χ4n) is 2.40. The number of H-pyrrole nitrogens is 1. The molecular weight excluding hydrogens is 384 g/mol. The Kier molecular flexibility index (Phi) is 5.13. The molecule has 142 valence electrons. The van der Waals surface area contributed by atoms with Crippen molar-refractivity contribution in [3.8, 4) is 0 Å². The summed E-state index contributed by atoms with van der Waals surface area (Å²) in [6.07, 6.45) is -7.26. The highest BCUT2D eigenvalue weighted by atomic mass is 31.2. The molecule has 0 bridgehead atoms. The average Bonchev–Trinajstić information content (AvgIpc) is 2.47. The zero-order valence-electron chi connectivity index (χ0n) is 12.8. The number of benzene rings is 1. The van der Waals surface area contributed by atoms with Crippen LogP contribution in [-0.4, -0.2) is 30.4 Å². The fraction of sp³-hybridized carbons (Fsp3) is 0.308. The zero-order valence-corrected chi connectivity index (χ0v) is 13.7. The molecule has 0 saturated carbocycles. The number of fused-ring (bicyclic) bond motifs is 1. The number of hydrogen-bond acceptors (Lipinski definition) is 4. The molecule has 1 aromatic heterocycles. The molecule has 4 N–H and O–H groups in total. The summed E-state index contributed by atoms with van der Waals surface area (Å²) in [5, 5.41) is 8.68. The Bertz CT molecular complexity index is 1030. The number of aryl methyl sites for hydroxylation is 1. The number of aromatic nitrogens is 2. The highest BCUT2D eigenvalue weighted by Crippen LogP contribution is 2.38. The molecular formula is C13H12F3N2O7P. The Morgan fingerprint density at radius 3 is 2.35 bits per heavy atom. The van der Waals surface area contributed by atoms with E-state index in [2.05, 4.69) is 0 Å². The SMILES string of the molecule is O=C(O)CCc1cc2c(cc1C(F)(F)F)[nH]c(=O)c(=O)n2CP(=O)(O)O. The number of nitrogens with zero attached hydrogens (tertiary/aromatic N) is 1. The van der Waals surface area contributed by atoms with E-state index in [9.17, 15) is 32.1 Å². The van der Waals surface area contributed by atoms with E-state index in [1.807, 2.05) is 4.98 Å². The summed E-state index contributed by atoms with van der Waals surface area (Å²) in [6, 6.07) is 1.30. The lowest BCUT2D eigenvalue weighted by atomic mass is 10.0. The lowest BCUT2D eigenvalue weighted by Crippen LogP contribution is -2.36. The van der Waals surface area contributed by atoms with Gasteiger partial charge in [-0.3, -0.25) is 23.5 Å². The summed E-state index contributed by atoms with van der Waals surface area (Å²) in [5.41, 5.74) is -5.23. The highest BCUT2D eigenvalue weighted by molar-refractivity contribution is 7.50. The van der Waals surface area contributed by atoms with Crippen LogP contribution in [0.4, 0.5) is 13.2 Å². The standard InChI is InChI=1S/C13H12F3N2O7P/c14-13(15,16)7-4-8-9(3-6(7)1-2-10(19)20)18(5-26(23,24)25)12(22)11(21)17-8/h3-4H,1-2,5H2,(H,17,21)(H,19,20)(H2,23,24,25). The second-order valence-electron chi connectivity index (χ2n) is 5.41. The molecule has 0 fully saturated rings. The van der Waals surface area contributed by atoms with E-state index in [1.54, 1.807) is 0 Å². The largest absolute Gasteiger partial charge is 0.481 e. The van der Waals surface area contributed by atoms with Crippen LogP contribution < -0.4 is 11.1 Å². The maximum Gasteiger partial charge on any atom is 0.416 e. The molecule has 0 saturated heterocycles. The molecule has 26 heavy (non-hydrogen) atoms. The summed E-state index contributed by atoms with van der Waals surface area (Å²) in [4.78, 5) is 54.2. The van der Waals surface area contributed by atoms with Gasteiger partial charge in [0.1, 0.15) is 6.29 Å². The van der Waals surface area contributed by atoms with Gasteiger partial charge in [-0.2, -0.15) is 13.2 Å². The van der Waals surface area contributed by atoms with E-state index >= 15 is 0 Å². The van der Waals surface area contributed by atoms with Crippen molar-refractivity contribution in [1.82, 2.24) is 9.55 Å². The van der Waals surface area contributed by atoms with Crippen molar-refractivity contribution in [2.45, 2.75) is 25.3 Å². The van der Waals surface area contributed by atoms with Gasteiger partial charge in [-0.15, -0.1) is 0 Å². The molecule has 0 aliphatic carbocycles. The van der Waals surface area contributed by atoms with Gasteiger partial charge in [0.2, 0.25) is 0 Å². The van der Waals surface area contributed by atoms with E-state index in [4.69, 9.17) is 14.9 Å². The average molecular weight is 396 g/mol. The predicted molar refractivity (Wildman–Crippen MR) is 81.8 cm³/mol. The monoisotopic (exact) mass is 396 g/mol. The van der Waals surface area contributed by atoms with Gasteiger partial charge < -0.3 is 19.9 Å². The van der Waals surface area contributed by atoms with E-state index in [1.165, 1.54) is 0 Å². The Morgan fingerprint density at radius 1 is 1.23 bits per heavy atom. The van der Waals surface area contributed by atoms with Crippen molar-refractivity contribution in [3.05, 3.63) is 44.0 Å². The smallest absolute Gasteiger partial charge is 0.416 e. The minimum Gasteiger partial charge on any atom is -0.481 e. The Morgan fingerprint density at radius 2 is 1.85 bits per heavy atom. The van der Waals surface area contributed by atoms with E-state index < -0.39 is 66.6 Å². The molecule has 0 amide bonds. The van der Waals surface area contributed by atoms with E-state index in [-0.39, 0.29) is 5.52 Å². The zero-order chi connectivity index (χ0) is 19.9. The van der Waals surface area contributed by atoms with Crippen LogP contribution in [0.5, 0.6) is 0 Å². The first-order valence-electron chi connectivity index (χ1n) is 6.93. The number of halogens is 3. The first-order chi connectivity index (χ1) is 11.8. The van der Waals surface area contributed by atoms with Gasteiger partial charge in [-0.25, -0.2) is 0 Å². The highest BCUT2D eigenvalue weighted by Gasteiger charge is 2.34. The van der Waals surface area contributed by atoms with Gasteiger partial charge >= 0.3 is 30.9 Å². The van der Waals surface area contributed by atoms with Crippen LogP contribution in [0.3, 0.4) is 0 Å². The number of carbonyl (C=O) groups is 1. The number of carboxylic acids is 1. The number of aliphatic carboxylic acids is 1. The van der Waals surface area contributed by atoms with Crippen LogP contribution >= 0.6 is 7.60 Å². The number of nitrogens with one attached hydrogen (secondary N) is 1. The quantitative estimate of drug-likeness (QED) is 0.432. The van der Waals surface area contributed by atoms with Crippen molar-refractivity contribution in [1.29, 1.82) is 0 Å². The Labute approximate surface area is 141 Å². The molecule has 2 rings (SSSR count). The molecule has 0 spiro atoms. The third-order valence-corrected chi connectivity index (χ3v) is 4.09. The second kappa shape index (κ2) is 6.71. The minimum atomic E-state index is -4.87. The van der Waals surface area contributed by atoms with Gasteiger partial charge in [0.25, 0.3) is 0 Å². The Hall–Kier alpha value is -2.43. The fourth-order valence-corrected chi connectivity index (χ4v) is 3.05. The number of carboxylic acid groups (broad SMARTS) is 1. The van der Waals surface area contributed by atoms with Gasteiger partial charge in [0.05, 0.1) is 16.6 Å². The molecule has 0 unspecified atom stereocenters. The van der Waals surface area contributed by atoms with Crippen molar-refractivity contribution in [3.63, 3.8) is 0 Å². The predicted octanol–water partition coefficient (Wildman–Crippen LogP) is 0.861.